The predicted molar refractivity (Wildman–Crippen MR) is 81.5 cm³/mol. The lowest BCUT2D eigenvalue weighted by Gasteiger charge is -2.22. The molecular weight excluding hydrogens is 336 g/mol. The van der Waals surface area contributed by atoms with Crippen molar-refractivity contribution < 1.29 is 4.79 Å². The number of amides is 1. The van der Waals surface area contributed by atoms with Crippen LogP contribution in [0.5, 0.6) is 0 Å². The van der Waals surface area contributed by atoms with E-state index >= 15 is 0 Å². The minimum atomic E-state index is 0.0317. The summed E-state index contributed by atoms with van der Waals surface area (Å²) in [4.78, 5) is 11.9. The van der Waals surface area contributed by atoms with E-state index in [4.69, 9.17) is 11.6 Å². The molecule has 1 amide bonds. The number of thioether (sulfide) groups is 1. The lowest BCUT2D eigenvalue weighted by molar-refractivity contribution is -0.116. The van der Waals surface area contributed by atoms with Gasteiger partial charge in [-0.3, -0.25) is 4.79 Å². The molecule has 1 atom stereocenters. The van der Waals surface area contributed by atoms with Gasteiger partial charge < -0.3 is 10.6 Å². The summed E-state index contributed by atoms with van der Waals surface area (Å²) in [6, 6.07) is 5.65. The molecule has 0 saturated carbocycles. The van der Waals surface area contributed by atoms with E-state index in [9.17, 15) is 4.79 Å². The van der Waals surface area contributed by atoms with Crippen molar-refractivity contribution in [2.45, 2.75) is 12.5 Å². The maximum atomic E-state index is 11.9. The molecule has 0 aliphatic carbocycles. The van der Waals surface area contributed by atoms with Gasteiger partial charge in [0.25, 0.3) is 0 Å². The Morgan fingerprint density at radius 1 is 1.61 bits per heavy atom. The van der Waals surface area contributed by atoms with Crippen LogP contribution < -0.4 is 10.6 Å². The third-order valence-electron chi connectivity index (χ3n) is 2.63. The summed E-state index contributed by atoms with van der Waals surface area (Å²) >= 11 is 11.1. The molecule has 1 unspecified atom stereocenters. The third-order valence-corrected chi connectivity index (χ3v) is 4.98. The fourth-order valence-electron chi connectivity index (χ4n) is 1.76. The van der Waals surface area contributed by atoms with Crippen molar-refractivity contribution in [1.29, 1.82) is 0 Å². The zero-order valence-corrected chi connectivity index (χ0v) is 12.9. The molecule has 0 spiro atoms. The number of rotatable bonds is 3. The summed E-state index contributed by atoms with van der Waals surface area (Å²) in [6.07, 6.45) is 0.507. The fourth-order valence-corrected chi connectivity index (χ4v) is 3.21. The quantitative estimate of drug-likeness (QED) is 0.881. The van der Waals surface area contributed by atoms with Crippen molar-refractivity contribution in [3.05, 3.63) is 27.7 Å². The molecule has 1 fully saturated rings. The largest absolute Gasteiger partial charge is 0.326 e. The van der Waals surface area contributed by atoms with Gasteiger partial charge in [0, 0.05) is 40.7 Å². The Bertz CT molecular complexity index is 438. The Balaban J connectivity index is 1.88. The van der Waals surface area contributed by atoms with Gasteiger partial charge in [0.2, 0.25) is 5.91 Å². The molecule has 0 aromatic heterocycles. The first-order valence-corrected chi connectivity index (χ1v) is 8.04. The summed E-state index contributed by atoms with van der Waals surface area (Å²) < 4.78 is 0.785. The average molecular weight is 350 g/mol. The normalized spacial score (nSPS) is 19.6. The summed E-state index contributed by atoms with van der Waals surface area (Å²) in [5.74, 6) is 2.16. The number of nitrogens with one attached hydrogen (secondary N) is 2. The second-order valence-corrected chi connectivity index (χ2v) is 6.52. The van der Waals surface area contributed by atoms with E-state index in [2.05, 4.69) is 26.6 Å². The van der Waals surface area contributed by atoms with Crippen LogP contribution in [-0.2, 0) is 4.79 Å². The SMILES string of the molecule is O=C(CC1CSCCN1)Nc1ccc(Cl)c(Br)c1. The summed E-state index contributed by atoms with van der Waals surface area (Å²) in [5, 5.41) is 6.86. The van der Waals surface area contributed by atoms with Crippen LogP contribution in [0.15, 0.2) is 22.7 Å². The number of hydrogen-bond acceptors (Lipinski definition) is 3. The van der Waals surface area contributed by atoms with E-state index in [0.717, 1.165) is 28.2 Å². The number of carbonyl (C=O) groups excluding carboxylic acids is 1. The van der Waals surface area contributed by atoms with Gasteiger partial charge in [-0.1, -0.05) is 11.6 Å². The molecule has 98 valence electrons. The molecular formula is C12H14BrClN2OS. The van der Waals surface area contributed by atoms with Crippen LogP contribution in [0.25, 0.3) is 0 Å². The van der Waals surface area contributed by atoms with E-state index < -0.39 is 0 Å². The Labute approximate surface area is 124 Å². The lowest BCUT2D eigenvalue weighted by Crippen LogP contribution is -2.39. The molecule has 1 aliphatic heterocycles. The van der Waals surface area contributed by atoms with Crippen molar-refractivity contribution in [1.82, 2.24) is 5.32 Å². The van der Waals surface area contributed by atoms with Crippen molar-refractivity contribution in [2.75, 3.05) is 23.4 Å². The van der Waals surface area contributed by atoms with Crippen molar-refractivity contribution in [2.24, 2.45) is 0 Å². The number of anilines is 1. The van der Waals surface area contributed by atoms with E-state index in [1.807, 2.05) is 17.8 Å². The molecule has 0 radical (unpaired) electrons. The highest BCUT2D eigenvalue weighted by molar-refractivity contribution is 9.10. The summed E-state index contributed by atoms with van der Waals surface area (Å²) in [5.41, 5.74) is 0.764. The topological polar surface area (TPSA) is 41.1 Å². The molecule has 6 heteroatoms. The maximum absolute atomic E-state index is 11.9. The number of carbonyl (C=O) groups is 1. The standard InChI is InChI=1S/C12H14BrClN2OS/c13-10-5-8(1-2-11(10)14)16-12(17)6-9-7-18-4-3-15-9/h1-2,5,9,15H,3-4,6-7H2,(H,16,17). The van der Waals surface area contributed by atoms with E-state index in [1.165, 1.54) is 0 Å². The number of benzene rings is 1. The fraction of sp³-hybridized carbons (Fsp3) is 0.417. The van der Waals surface area contributed by atoms with Gasteiger partial charge in [0.05, 0.1) is 5.02 Å². The van der Waals surface area contributed by atoms with Gasteiger partial charge in [0.15, 0.2) is 0 Å². The molecule has 1 aromatic carbocycles. The predicted octanol–water partition coefficient (Wildman–Crippen LogP) is 3.14. The number of hydrogen-bond donors (Lipinski definition) is 2. The molecule has 0 bridgehead atoms. The minimum Gasteiger partial charge on any atom is -0.326 e. The Morgan fingerprint density at radius 3 is 3.11 bits per heavy atom. The highest BCUT2D eigenvalue weighted by Gasteiger charge is 2.16. The maximum Gasteiger partial charge on any atom is 0.225 e. The molecule has 1 aliphatic rings. The van der Waals surface area contributed by atoms with E-state index in [0.29, 0.717) is 11.4 Å². The van der Waals surface area contributed by atoms with Gasteiger partial charge in [-0.25, -0.2) is 0 Å². The summed E-state index contributed by atoms with van der Waals surface area (Å²) in [6.45, 7) is 0.981. The third kappa shape index (κ3) is 4.16. The van der Waals surface area contributed by atoms with Gasteiger partial charge >= 0.3 is 0 Å². The van der Waals surface area contributed by atoms with Crippen molar-refractivity contribution >= 4 is 50.9 Å². The molecule has 1 saturated heterocycles. The van der Waals surface area contributed by atoms with Crippen LogP contribution in [0.4, 0.5) is 5.69 Å². The van der Waals surface area contributed by atoms with Crippen LogP contribution in [0.2, 0.25) is 5.02 Å². The molecule has 1 aromatic rings. The highest BCUT2D eigenvalue weighted by Crippen LogP contribution is 2.25. The van der Waals surface area contributed by atoms with E-state index in [-0.39, 0.29) is 11.9 Å². The van der Waals surface area contributed by atoms with E-state index in [1.54, 1.807) is 12.1 Å². The van der Waals surface area contributed by atoms with Crippen molar-refractivity contribution in [3.8, 4) is 0 Å². The molecule has 18 heavy (non-hydrogen) atoms. The smallest absolute Gasteiger partial charge is 0.225 e. The minimum absolute atomic E-state index is 0.0317. The molecule has 2 N–H and O–H groups in total. The highest BCUT2D eigenvalue weighted by atomic mass is 79.9. The zero-order valence-electron chi connectivity index (χ0n) is 9.71. The second-order valence-electron chi connectivity index (χ2n) is 4.11. The lowest BCUT2D eigenvalue weighted by atomic mass is 10.2. The van der Waals surface area contributed by atoms with Crippen LogP contribution >= 0.6 is 39.3 Å². The van der Waals surface area contributed by atoms with Crippen molar-refractivity contribution in [3.63, 3.8) is 0 Å². The van der Waals surface area contributed by atoms with Crippen LogP contribution in [0, 0.1) is 0 Å². The molecule has 2 rings (SSSR count). The second kappa shape index (κ2) is 6.80. The summed E-state index contributed by atoms with van der Waals surface area (Å²) in [7, 11) is 0. The first kappa shape index (κ1) is 14.2. The van der Waals surface area contributed by atoms with Gasteiger partial charge in [-0.05, 0) is 34.1 Å². The van der Waals surface area contributed by atoms with Gasteiger partial charge in [0.1, 0.15) is 0 Å². The monoisotopic (exact) mass is 348 g/mol. The van der Waals surface area contributed by atoms with Crippen LogP contribution in [0.1, 0.15) is 6.42 Å². The zero-order chi connectivity index (χ0) is 13.0. The van der Waals surface area contributed by atoms with Crippen LogP contribution in [0.3, 0.4) is 0 Å². The van der Waals surface area contributed by atoms with Gasteiger partial charge in [-0.2, -0.15) is 11.8 Å². The Morgan fingerprint density at radius 2 is 2.44 bits per heavy atom. The first-order valence-electron chi connectivity index (χ1n) is 5.71. The molecule has 3 nitrogen and oxygen atoms in total. The Hall–Kier alpha value is -0.230. The number of halogens is 2. The van der Waals surface area contributed by atoms with Crippen LogP contribution in [-0.4, -0.2) is 30.0 Å². The molecule has 1 heterocycles. The average Bonchev–Trinajstić information content (AvgIpc) is 2.35. The Kier molecular flexibility index (Phi) is 5.36. The van der Waals surface area contributed by atoms with Gasteiger partial charge in [-0.15, -0.1) is 0 Å². The first-order chi connectivity index (χ1) is 8.65.